The summed E-state index contributed by atoms with van der Waals surface area (Å²) in [5.41, 5.74) is 0.672. The molecule has 2 aromatic rings. The van der Waals surface area contributed by atoms with Crippen LogP contribution in [0.4, 0.5) is 0 Å². The quantitative estimate of drug-likeness (QED) is 0.810. The van der Waals surface area contributed by atoms with Crippen LogP contribution in [0.3, 0.4) is 0 Å². The average molecular weight is 414 g/mol. The van der Waals surface area contributed by atoms with E-state index < -0.39 is 0 Å². The minimum absolute atomic E-state index is 0. The molecule has 4 heterocycles. The lowest BCUT2D eigenvalue weighted by atomic mass is 9.98. The average Bonchev–Trinajstić information content (AvgIpc) is 3.26. The SMILES string of the molecule is CN(C(=O)CCc1nc(-c2ccccn2)no1)C1CC2CCC(C1)N2.Cl.Cl. The molecule has 1 amide bonds. The van der Waals surface area contributed by atoms with Crippen molar-refractivity contribution >= 4 is 30.7 Å². The molecular formula is C18H25Cl2N5O2. The highest BCUT2D eigenvalue weighted by molar-refractivity contribution is 5.85. The molecule has 2 bridgehead atoms. The van der Waals surface area contributed by atoms with Crippen molar-refractivity contribution in [3.63, 3.8) is 0 Å². The van der Waals surface area contributed by atoms with Gasteiger partial charge in [0.25, 0.3) is 0 Å². The number of nitrogens with one attached hydrogen (secondary N) is 1. The molecule has 2 aromatic heterocycles. The van der Waals surface area contributed by atoms with Gasteiger partial charge in [-0.1, -0.05) is 11.2 Å². The van der Waals surface area contributed by atoms with Gasteiger partial charge in [0.1, 0.15) is 5.69 Å². The second-order valence-corrected chi connectivity index (χ2v) is 6.99. The number of carbonyl (C=O) groups is 1. The topological polar surface area (TPSA) is 84.2 Å². The Bertz CT molecular complexity index is 730. The predicted octanol–water partition coefficient (Wildman–Crippen LogP) is 2.65. The van der Waals surface area contributed by atoms with Crippen LogP contribution in [-0.2, 0) is 11.2 Å². The van der Waals surface area contributed by atoms with Gasteiger partial charge < -0.3 is 14.7 Å². The summed E-state index contributed by atoms with van der Waals surface area (Å²) >= 11 is 0. The summed E-state index contributed by atoms with van der Waals surface area (Å²) in [6.45, 7) is 0. The molecule has 9 heteroatoms. The van der Waals surface area contributed by atoms with Crippen LogP contribution in [0.25, 0.3) is 11.5 Å². The molecule has 0 aromatic carbocycles. The minimum atomic E-state index is 0. The van der Waals surface area contributed by atoms with E-state index in [0.717, 1.165) is 12.8 Å². The first-order valence-corrected chi connectivity index (χ1v) is 8.95. The normalized spacial score (nSPS) is 23.2. The molecule has 2 fully saturated rings. The molecule has 1 N–H and O–H groups in total. The molecule has 2 saturated heterocycles. The number of carbonyl (C=O) groups excluding carboxylic acids is 1. The van der Waals surface area contributed by atoms with Crippen LogP contribution in [0, 0.1) is 0 Å². The largest absolute Gasteiger partial charge is 0.343 e. The van der Waals surface area contributed by atoms with Crippen LogP contribution in [0.15, 0.2) is 28.9 Å². The van der Waals surface area contributed by atoms with Crippen molar-refractivity contribution in [3.8, 4) is 11.5 Å². The van der Waals surface area contributed by atoms with Gasteiger partial charge >= 0.3 is 0 Å². The number of aromatic nitrogens is 3. The number of halogens is 2. The number of pyridine rings is 1. The smallest absolute Gasteiger partial charge is 0.227 e. The number of aryl methyl sites for hydroxylation is 1. The number of hydrogen-bond donors (Lipinski definition) is 1. The zero-order chi connectivity index (χ0) is 17.2. The van der Waals surface area contributed by atoms with Crippen LogP contribution < -0.4 is 5.32 Å². The maximum atomic E-state index is 12.5. The summed E-state index contributed by atoms with van der Waals surface area (Å²) < 4.78 is 5.26. The highest BCUT2D eigenvalue weighted by Gasteiger charge is 2.36. The zero-order valence-electron chi connectivity index (χ0n) is 15.2. The summed E-state index contributed by atoms with van der Waals surface area (Å²) in [7, 11) is 1.92. The first-order chi connectivity index (χ1) is 12.2. The van der Waals surface area contributed by atoms with Crippen molar-refractivity contribution in [2.24, 2.45) is 0 Å². The van der Waals surface area contributed by atoms with Crippen molar-refractivity contribution in [2.45, 2.75) is 56.7 Å². The molecule has 0 aliphatic carbocycles. The van der Waals surface area contributed by atoms with E-state index >= 15 is 0 Å². The van der Waals surface area contributed by atoms with E-state index in [-0.39, 0.29) is 30.7 Å². The monoisotopic (exact) mass is 413 g/mol. The van der Waals surface area contributed by atoms with Crippen molar-refractivity contribution in [1.29, 1.82) is 0 Å². The molecule has 27 heavy (non-hydrogen) atoms. The van der Waals surface area contributed by atoms with Gasteiger partial charge in [-0.15, -0.1) is 24.8 Å². The van der Waals surface area contributed by atoms with Crippen molar-refractivity contribution in [2.75, 3.05) is 7.05 Å². The Labute approximate surface area is 171 Å². The van der Waals surface area contributed by atoms with E-state index in [0.29, 0.717) is 48.4 Å². The summed E-state index contributed by atoms with van der Waals surface area (Å²) in [4.78, 5) is 23.0. The molecule has 4 rings (SSSR count). The first kappa shape index (κ1) is 21.6. The maximum Gasteiger partial charge on any atom is 0.227 e. The van der Waals surface area contributed by atoms with Crippen LogP contribution in [0.1, 0.15) is 38.0 Å². The third kappa shape index (κ3) is 4.97. The van der Waals surface area contributed by atoms with Gasteiger partial charge in [0.2, 0.25) is 17.6 Å². The molecule has 2 atom stereocenters. The van der Waals surface area contributed by atoms with Crippen LogP contribution in [0.5, 0.6) is 0 Å². The number of piperidine rings is 1. The Morgan fingerprint density at radius 3 is 2.67 bits per heavy atom. The maximum absolute atomic E-state index is 12.5. The second-order valence-electron chi connectivity index (χ2n) is 6.99. The van der Waals surface area contributed by atoms with E-state index in [9.17, 15) is 4.79 Å². The van der Waals surface area contributed by atoms with Crippen LogP contribution >= 0.6 is 24.8 Å². The fourth-order valence-electron chi connectivity index (χ4n) is 3.89. The highest BCUT2D eigenvalue weighted by Crippen LogP contribution is 2.29. The second kappa shape index (κ2) is 9.48. The Kier molecular flexibility index (Phi) is 7.59. The molecule has 0 spiro atoms. The lowest BCUT2D eigenvalue weighted by Gasteiger charge is -2.35. The third-order valence-electron chi connectivity index (χ3n) is 5.30. The zero-order valence-corrected chi connectivity index (χ0v) is 16.8. The van der Waals surface area contributed by atoms with Gasteiger partial charge in [-0.2, -0.15) is 4.98 Å². The lowest BCUT2D eigenvalue weighted by molar-refractivity contribution is -0.132. The Morgan fingerprint density at radius 2 is 2.00 bits per heavy atom. The Morgan fingerprint density at radius 1 is 1.26 bits per heavy atom. The van der Waals surface area contributed by atoms with E-state index in [4.69, 9.17) is 4.52 Å². The third-order valence-corrected chi connectivity index (χ3v) is 5.30. The Hall–Kier alpha value is -1.70. The summed E-state index contributed by atoms with van der Waals surface area (Å²) in [5, 5.41) is 7.56. The minimum Gasteiger partial charge on any atom is -0.343 e. The lowest BCUT2D eigenvalue weighted by Crippen LogP contribution is -2.48. The van der Waals surface area contributed by atoms with Crippen LogP contribution in [0.2, 0.25) is 0 Å². The van der Waals surface area contributed by atoms with Crippen molar-refractivity contribution in [3.05, 3.63) is 30.3 Å². The van der Waals surface area contributed by atoms with E-state index in [1.807, 2.05) is 30.1 Å². The fourth-order valence-corrected chi connectivity index (χ4v) is 3.89. The summed E-state index contributed by atoms with van der Waals surface area (Å²) in [5.74, 6) is 1.09. The first-order valence-electron chi connectivity index (χ1n) is 8.95. The molecule has 0 saturated carbocycles. The van der Waals surface area contributed by atoms with Gasteiger partial charge in [-0.25, -0.2) is 0 Å². The van der Waals surface area contributed by atoms with Gasteiger partial charge in [-0.3, -0.25) is 9.78 Å². The number of fused-ring (bicyclic) bond motifs is 2. The number of nitrogens with zero attached hydrogens (tertiary/aromatic N) is 4. The molecule has 2 aliphatic rings. The van der Waals surface area contributed by atoms with Crippen molar-refractivity contribution < 1.29 is 9.32 Å². The molecular weight excluding hydrogens is 389 g/mol. The van der Waals surface area contributed by atoms with Gasteiger partial charge in [0.05, 0.1) is 0 Å². The number of rotatable bonds is 5. The van der Waals surface area contributed by atoms with Crippen LogP contribution in [-0.4, -0.2) is 51.1 Å². The van der Waals surface area contributed by atoms with Crippen molar-refractivity contribution in [1.82, 2.24) is 25.3 Å². The van der Waals surface area contributed by atoms with Gasteiger partial charge in [-0.05, 0) is 37.8 Å². The summed E-state index contributed by atoms with van der Waals surface area (Å²) in [6.07, 6.45) is 7.13. The molecule has 2 aliphatic heterocycles. The van der Waals surface area contributed by atoms with Gasteiger partial charge in [0, 0.05) is 44.2 Å². The van der Waals surface area contributed by atoms with E-state index in [1.54, 1.807) is 6.20 Å². The highest BCUT2D eigenvalue weighted by atomic mass is 35.5. The number of hydrogen-bond acceptors (Lipinski definition) is 6. The molecule has 148 valence electrons. The standard InChI is InChI=1S/C18H23N5O2.2ClH/c1-23(14-10-12-5-6-13(11-14)20-12)17(24)8-7-16-21-18(22-25-16)15-4-2-3-9-19-15;;/h2-4,9,12-14,20H,5-8,10-11H2,1H3;2*1H. The summed E-state index contributed by atoms with van der Waals surface area (Å²) in [6, 6.07) is 7.05. The molecule has 2 unspecified atom stereocenters. The fraction of sp³-hybridized carbons (Fsp3) is 0.556. The molecule has 0 radical (unpaired) electrons. The Balaban J connectivity index is 0.00000131. The molecule has 7 nitrogen and oxygen atoms in total. The van der Waals surface area contributed by atoms with E-state index in [1.165, 1.54) is 12.8 Å². The number of amides is 1. The predicted molar refractivity (Wildman–Crippen MR) is 106 cm³/mol. The van der Waals surface area contributed by atoms with Gasteiger partial charge in [0.15, 0.2) is 0 Å². The van der Waals surface area contributed by atoms with E-state index in [2.05, 4.69) is 20.4 Å².